The summed E-state index contributed by atoms with van der Waals surface area (Å²) in [5.41, 5.74) is 1.26. The van der Waals surface area contributed by atoms with E-state index in [2.05, 4.69) is 17.1 Å². The third-order valence-corrected chi connectivity index (χ3v) is 3.27. The zero-order chi connectivity index (χ0) is 11.2. The first-order valence-corrected chi connectivity index (χ1v) is 6.03. The lowest BCUT2D eigenvalue weighted by Crippen LogP contribution is -1.85. The van der Waals surface area contributed by atoms with Crippen molar-refractivity contribution in [3.05, 3.63) is 54.4 Å². The summed E-state index contributed by atoms with van der Waals surface area (Å²) in [6, 6.07) is 12.2. The number of methoxy groups -OCH3 is 1. The van der Waals surface area contributed by atoms with Gasteiger partial charge < -0.3 is 4.74 Å². The van der Waals surface area contributed by atoms with E-state index in [1.807, 2.05) is 36.7 Å². The Labute approximate surface area is 99.7 Å². The molecule has 3 heteroatoms. The largest absolute Gasteiger partial charge is 0.497 e. The van der Waals surface area contributed by atoms with Gasteiger partial charge in [0.05, 0.1) is 7.11 Å². The van der Waals surface area contributed by atoms with Crippen LogP contribution in [0.4, 0.5) is 0 Å². The van der Waals surface area contributed by atoms with Crippen LogP contribution in [0.1, 0.15) is 5.56 Å². The lowest BCUT2D eigenvalue weighted by atomic mass is 10.2. The first-order valence-electron chi connectivity index (χ1n) is 5.04. The van der Waals surface area contributed by atoms with Crippen LogP contribution in [0.15, 0.2) is 53.7 Å². The van der Waals surface area contributed by atoms with Crippen LogP contribution in [0.3, 0.4) is 0 Å². The van der Waals surface area contributed by atoms with E-state index in [-0.39, 0.29) is 0 Å². The molecule has 0 aliphatic carbocycles. The Balaban J connectivity index is 1.99. The van der Waals surface area contributed by atoms with Gasteiger partial charge in [-0.3, -0.25) is 4.98 Å². The Morgan fingerprint density at radius 2 is 2.00 bits per heavy atom. The second kappa shape index (κ2) is 5.56. The Kier molecular flexibility index (Phi) is 3.83. The van der Waals surface area contributed by atoms with Gasteiger partial charge in [-0.1, -0.05) is 12.1 Å². The van der Waals surface area contributed by atoms with E-state index < -0.39 is 0 Å². The number of hydrogen-bond donors (Lipinski definition) is 0. The number of hydrogen-bond acceptors (Lipinski definition) is 3. The fourth-order valence-electron chi connectivity index (χ4n) is 1.36. The molecule has 0 spiro atoms. The van der Waals surface area contributed by atoms with E-state index in [4.69, 9.17) is 4.74 Å². The number of aromatic nitrogens is 1. The average molecular weight is 231 g/mol. The topological polar surface area (TPSA) is 22.1 Å². The molecule has 16 heavy (non-hydrogen) atoms. The molecular weight excluding hydrogens is 218 g/mol. The maximum absolute atomic E-state index is 5.19. The summed E-state index contributed by atoms with van der Waals surface area (Å²) in [6.45, 7) is 0. The molecule has 0 N–H and O–H groups in total. The van der Waals surface area contributed by atoms with Crippen molar-refractivity contribution in [2.24, 2.45) is 0 Å². The van der Waals surface area contributed by atoms with Gasteiger partial charge in [-0.15, -0.1) is 11.8 Å². The van der Waals surface area contributed by atoms with E-state index in [0.29, 0.717) is 0 Å². The first kappa shape index (κ1) is 11.0. The number of benzene rings is 1. The average Bonchev–Trinajstić information content (AvgIpc) is 2.38. The molecule has 0 fully saturated rings. The van der Waals surface area contributed by atoms with Crippen LogP contribution in [-0.4, -0.2) is 12.1 Å². The van der Waals surface area contributed by atoms with Crippen molar-refractivity contribution in [3.63, 3.8) is 0 Å². The van der Waals surface area contributed by atoms with E-state index in [9.17, 15) is 0 Å². The smallest absolute Gasteiger partial charge is 0.119 e. The van der Waals surface area contributed by atoms with Gasteiger partial charge in [0.15, 0.2) is 0 Å². The predicted molar refractivity (Wildman–Crippen MR) is 66.8 cm³/mol. The van der Waals surface area contributed by atoms with Crippen molar-refractivity contribution >= 4 is 11.8 Å². The standard InChI is InChI=1S/C13H13NOS/c1-15-12-4-2-3-11(9-12)10-16-13-5-7-14-8-6-13/h2-9H,10H2,1H3. The van der Waals surface area contributed by atoms with Gasteiger partial charge in [0, 0.05) is 23.0 Å². The normalized spacial score (nSPS) is 10.1. The summed E-state index contributed by atoms with van der Waals surface area (Å²) in [7, 11) is 1.69. The maximum atomic E-state index is 5.19. The van der Waals surface area contributed by atoms with Crippen molar-refractivity contribution in [1.29, 1.82) is 0 Å². The van der Waals surface area contributed by atoms with Gasteiger partial charge in [-0.25, -0.2) is 0 Å². The molecule has 0 aliphatic rings. The minimum atomic E-state index is 0.910. The number of thioether (sulfide) groups is 1. The Morgan fingerprint density at radius 3 is 2.75 bits per heavy atom. The molecule has 0 bridgehead atoms. The van der Waals surface area contributed by atoms with Crippen LogP contribution in [0.5, 0.6) is 5.75 Å². The van der Waals surface area contributed by atoms with Crippen LogP contribution < -0.4 is 4.74 Å². The van der Waals surface area contributed by atoms with Gasteiger partial charge in [-0.2, -0.15) is 0 Å². The van der Waals surface area contributed by atoms with E-state index in [0.717, 1.165) is 11.5 Å². The van der Waals surface area contributed by atoms with Gasteiger partial charge in [-0.05, 0) is 29.8 Å². The van der Waals surface area contributed by atoms with Crippen molar-refractivity contribution in [2.45, 2.75) is 10.6 Å². The van der Waals surface area contributed by atoms with Gasteiger partial charge in [0.25, 0.3) is 0 Å². The summed E-state index contributed by atoms with van der Waals surface area (Å²) in [5, 5.41) is 0. The SMILES string of the molecule is COc1cccc(CSc2ccncc2)c1. The van der Waals surface area contributed by atoms with Crippen LogP contribution in [0.25, 0.3) is 0 Å². The molecule has 2 aromatic rings. The van der Waals surface area contributed by atoms with Crippen LogP contribution in [-0.2, 0) is 5.75 Å². The van der Waals surface area contributed by atoms with Crippen LogP contribution in [0, 0.1) is 0 Å². The number of ether oxygens (including phenoxy) is 1. The van der Waals surface area contributed by atoms with Crippen LogP contribution in [0.2, 0.25) is 0 Å². The second-order valence-corrected chi connectivity index (χ2v) is 4.37. The highest BCUT2D eigenvalue weighted by Crippen LogP contribution is 2.23. The maximum Gasteiger partial charge on any atom is 0.119 e. The highest BCUT2D eigenvalue weighted by molar-refractivity contribution is 7.98. The molecule has 0 unspecified atom stereocenters. The number of nitrogens with zero attached hydrogens (tertiary/aromatic N) is 1. The lowest BCUT2D eigenvalue weighted by molar-refractivity contribution is 0.414. The molecule has 82 valence electrons. The summed E-state index contributed by atoms with van der Waals surface area (Å²) in [5.74, 6) is 1.86. The third-order valence-electron chi connectivity index (χ3n) is 2.19. The van der Waals surface area contributed by atoms with Crippen molar-refractivity contribution < 1.29 is 4.74 Å². The number of pyridine rings is 1. The molecule has 1 aromatic carbocycles. The quantitative estimate of drug-likeness (QED) is 0.753. The van der Waals surface area contributed by atoms with Gasteiger partial charge >= 0.3 is 0 Å². The fourth-order valence-corrected chi connectivity index (χ4v) is 2.19. The minimum absolute atomic E-state index is 0.910. The zero-order valence-corrected chi connectivity index (χ0v) is 9.91. The monoisotopic (exact) mass is 231 g/mol. The summed E-state index contributed by atoms with van der Waals surface area (Å²) in [6.07, 6.45) is 3.63. The molecule has 2 rings (SSSR count). The highest BCUT2D eigenvalue weighted by atomic mass is 32.2. The molecule has 0 radical (unpaired) electrons. The summed E-state index contributed by atoms with van der Waals surface area (Å²) in [4.78, 5) is 5.23. The van der Waals surface area contributed by atoms with Crippen LogP contribution >= 0.6 is 11.8 Å². The van der Waals surface area contributed by atoms with E-state index in [1.165, 1.54) is 10.5 Å². The first-order chi connectivity index (χ1) is 7.88. The molecule has 0 amide bonds. The molecule has 0 atom stereocenters. The van der Waals surface area contributed by atoms with E-state index >= 15 is 0 Å². The minimum Gasteiger partial charge on any atom is -0.497 e. The molecular formula is C13H13NOS. The third kappa shape index (κ3) is 3.00. The lowest BCUT2D eigenvalue weighted by Gasteiger charge is -2.04. The van der Waals surface area contributed by atoms with Crippen molar-refractivity contribution in [2.75, 3.05) is 7.11 Å². The van der Waals surface area contributed by atoms with Gasteiger partial charge in [0.1, 0.15) is 5.75 Å². The molecule has 1 heterocycles. The second-order valence-electron chi connectivity index (χ2n) is 3.32. The zero-order valence-electron chi connectivity index (χ0n) is 9.09. The molecule has 0 aliphatic heterocycles. The van der Waals surface area contributed by atoms with Crippen molar-refractivity contribution in [3.8, 4) is 5.75 Å². The Hall–Kier alpha value is -1.48. The molecule has 2 nitrogen and oxygen atoms in total. The summed E-state index contributed by atoms with van der Waals surface area (Å²) >= 11 is 1.80. The fraction of sp³-hybridized carbons (Fsp3) is 0.154. The highest BCUT2D eigenvalue weighted by Gasteiger charge is 1.97. The molecule has 0 saturated carbocycles. The van der Waals surface area contributed by atoms with Crippen molar-refractivity contribution in [1.82, 2.24) is 4.98 Å². The summed E-state index contributed by atoms with van der Waals surface area (Å²) < 4.78 is 5.19. The predicted octanol–water partition coefficient (Wildman–Crippen LogP) is 3.38. The molecule has 0 saturated heterocycles. The number of rotatable bonds is 4. The Morgan fingerprint density at radius 1 is 1.19 bits per heavy atom. The van der Waals surface area contributed by atoms with E-state index in [1.54, 1.807) is 18.9 Å². The Bertz CT molecular complexity index is 445. The molecule has 1 aromatic heterocycles. The van der Waals surface area contributed by atoms with Gasteiger partial charge in [0.2, 0.25) is 0 Å².